The number of rotatable bonds is 34. The largest absolute Gasteiger partial charge is 0.496 e. The van der Waals surface area contributed by atoms with Gasteiger partial charge < -0.3 is 72.6 Å². The van der Waals surface area contributed by atoms with Crippen LogP contribution in [-0.2, 0) is 0 Å². The van der Waals surface area contributed by atoms with E-state index in [4.69, 9.17) is 51.4 Å². The Balaban J connectivity index is 1.22. The van der Waals surface area contributed by atoms with Gasteiger partial charge >= 0.3 is 0 Å². The van der Waals surface area contributed by atoms with Gasteiger partial charge in [-0.2, -0.15) is 0 Å². The van der Waals surface area contributed by atoms with Crippen LogP contribution in [-0.4, -0.2) is 90.5 Å². The average Bonchev–Trinajstić information content (AvgIpc) is 3.41. The van der Waals surface area contributed by atoms with Gasteiger partial charge in [-0.15, -0.1) is 0 Å². The molecule has 0 bridgehead atoms. The van der Waals surface area contributed by atoms with Crippen molar-refractivity contribution >= 4 is 46.4 Å². The summed E-state index contributed by atoms with van der Waals surface area (Å²) in [5, 5.41) is 11.5. The SMILES string of the molecule is COc1cc(OC)c(C(=O)Nc2ccc(NC(=O)c3ccc(OCCCCCN)cc3OCCCCCN)cc2)cc1C(=O)Nc1ccc(NC(=O)c2ccc(OCCCCCN)cc2OCCCCCN)cc1. The summed E-state index contributed by atoms with van der Waals surface area (Å²) in [6.45, 7) is 4.34. The van der Waals surface area contributed by atoms with Gasteiger partial charge in [-0.1, -0.05) is 0 Å². The van der Waals surface area contributed by atoms with Crippen molar-refractivity contribution in [2.75, 3.05) is 88.1 Å². The fourth-order valence-corrected chi connectivity index (χ4v) is 7.56. The minimum atomic E-state index is -0.564. The third-order valence-electron chi connectivity index (χ3n) is 11.7. The molecule has 0 fully saturated rings. The monoisotopic (exact) mass is 1020 g/mol. The van der Waals surface area contributed by atoms with Crippen molar-refractivity contribution in [3.05, 3.63) is 119 Å². The van der Waals surface area contributed by atoms with Gasteiger partial charge in [0.15, 0.2) is 0 Å². The van der Waals surface area contributed by atoms with E-state index in [1.165, 1.54) is 26.4 Å². The predicted octanol–water partition coefficient (Wildman–Crippen LogP) is 8.74. The highest BCUT2D eigenvalue weighted by atomic mass is 16.5. The second kappa shape index (κ2) is 31.9. The molecule has 0 saturated carbocycles. The normalized spacial score (nSPS) is 10.8. The Bertz CT molecular complexity index is 2370. The van der Waals surface area contributed by atoms with Crippen molar-refractivity contribution in [2.24, 2.45) is 22.9 Å². The molecule has 0 saturated heterocycles. The van der Waals surface area contributed by atoms with Crippen LogP contribution >= 0.6 is 0 Å². The first-order valence-corrected chi connectivity index (χ1v) is 25.4. The number of hydrogen-bond acceptors (Lipinski definition) is 14. The van der Waals surface area contributed by atoms with E-state index in [-0.39, 0.29) is 34.4 Å². The summed E-state index contributed by atoms with van der Waals surface area (Å²) in [4.78, 5) is 54.8. The van der Waals surface area contributed by atoms with Gasteiger partial charge in [0.2, 0.25) is 0 Å². The van der Waals surface area contributed by atoms with Crippen LogP contribution in [0.2, 0.25) is 0 Å². The number of ether oxygens (including phenoxy) is 6. The zero-order valence-electron chi connectivity index (χ0n) is 42.8. The molecule has 5 aromatic carbocycles. The van der Waals surface area contributed by atoms with Crippen LogP contribution in [0, 0.1) is 0 Å². The Morgan fingerprint density at radius 2 is 0.635 bits per heavy atom. The van der Waals surface area contributed by atoms with E-state index in [9.17, 15) is 19.2 Å². The van der Waals surface area contributed by atoms with Crippen LogP contribution in [0.5, 0.6) is 34.5 Å². The van der Waals surface area contributed by atoms with Gasteiger partial charge in [0.1, 0.15) is 34.5 Å². The molecule has 0 aromatic heterocycles. The highest BCUT2D eigenvalue weighted by Gasteiger charge is 2.23. The van der Waals surface area contributed by atoms with E-state index < -0.39 is 11.8 Å². The van der Waals surface area contributed by atoms with E-state index in [1.807, 2.05) is 0 Å². The number of nitrogens with one attached hydrogen (secondary N) is 4. The maximum absolute atomic E-state index is 13.8. The molecule has 18 heteroatoms. The van der Waals surface area contributed by atoms with Crippen LogP contribution in [0.1, 0.15) is 118 Å². The highest BCUT2D eigenvalue weighted by Crippen LogP contribution is 2.32. The molecule has 4 amide bonds. The number of anilines is 4. The highest BCUT2D eigenvalue weighted by molar-refractivity contribution is 6.12. The van der Waals surface area contributed by atoms with Gasteiger partial charge in [-0.3, -0.25) is 19.2 Å². The minimum Gasteiger partial charge on any atom is -0.496 e. The van der Waals surface area contributed by atoms with Gasteiger partial charge in [-0.25, -0.2) is 0 Å². The first-order valence-electron chi connectivity index (χ1n) is 25.4. The smallest absolute Gasteiger partial charge is 0.259 e. The fraction of sp³-hybridized carbons (Fsp3) is 0.393. The summed E-state index contributed by atoms with van der Waals surface area (Å²) in [6.07, 6.45) is 10.6. The minimum absolute atomic E-state index is 0.0634. The van der Waals surface area contributed by atoms with Crippen molar-refractivity contribution in [1.29, 1.82) is 0 Å². The van der Waals surface area contributed by atoms with Crippen LogP contribution < -0.4 is 72.6 Å². The number of benzene rings is 5. The first kappa shape index (κ1) is 57.5. The molecule has 18 nitrogen and oxygen atoms in total. The van der Waals surface area contributed by atoms with Gasteiger partial charge in [0.05, 0.1) is 62.9 Å². The molecule has 5 rings (SSSR count). The fourth-order valence-electron chi connectivity index (χ4n) is 7.56. The summed E-state index contributed by atoms with van der Waals surface area (Å²) >= 11 is 0. The average molecular weight is 1020 g/mol. The quantitative estimate of drug-likeness (QED) is 0.0179. The molecule has 0 radical (unpaired) electrons. The summed E-state index contributed by atoms with van der Waals surface area (Å²) in [7, 11) is 2.81. The first-order chi connectivity index (χ1) is 36.1. The van der Waals surface area contributed by atoms with Gasteiger partial charge in [-0.05, 0) is 182 Å². The second-order valence-corrected chi connectivity index (χ2v) is 17.3. The summed E-state index contributed by atoms with van der Waals surface area (Å²) < 4.78 is 35.1. The van der Waals surface area contributed by atoms with E-state index in [1.54, 1.807) is 84.9 Å². The maximum atomic E-state index is 13.8. The predicted molar refractivity (Wildman–Crippen MR) is 291 cm³/mol. The Kier molecular flexibility index (Phi) is 24.8. The molecular weight excluding hydrogens is 945 g/mol. The zero-order valence-corrected chi connectivity index (χ0v) is 42.8. The number of carbonyl (C=O) groups excluding carboxylic acids is 4. The second-order valence-electron chi connectivity index (χ2n) is 17.3. The lowest BCUT2D eigenvalue weighted by Gasteiger charge is -2.16. The Hall–Kier alpha value is -7.38. The van der Waals surface area contributed by atoms with E-state index in [2.05, 4.69) is 21.3 Å². The lowest BCUT2D eigenvalue weighted by atomic mass is 10.1. The van der Waals surface area contributed by atoms with Gasteiger partial charge in [0, 0.05) is 40.9 Å². The molecule has 0 atom stereocenters. The topological polar surface area (TPSA) is 276 Å². The molecule has 0 unspecified atom stereocenters. The van der Waals surface area contributed by atoms with Crippen molar-refractivity contribution in [3.8, 4) is 34.5 Å². The molecule has 398 valence electrons. The molecule has 0 aliphatic heterocycles. The lowest BCUT2D eigenvalue weighted by molar-refractivity contribution is 0.101. The van der Waals surface area contributed by atoms with Crippen LogP contribution in [0.15, 0.2) is 97.1 Å². The Morgan fingerprint density at radius 1 is 0.338 bits per heavy atom. The standard InChI is InChI=1S/C56H74N8O10/c1-69-49-38-50(70-2)48(56(68)64-42-21-17-40(18-22-42)62-54(66)46-26-24-44(72-32-12-4-8-28-58)36-52(46)74-34-14-6-10-30-60)37-47(49)55(67)63-41-19-15-39(16-20-41)61-53(65)45-25-23-43(71-31-11-3-7-27-57)35-51(45)73-33-13-5-9-29-59/h15-26,35-38H,3-14,27-34,57-60H2,1-2H3,(H,61,65)(H,62,66)(H,63,67)(H,64,68). The van der Waals surface area contributed by atoms with E-state index in [0.29, 0.717) is 109 Å². The van der Waals surface area contributed by atoms with Crippen LogP contribution in [0.3, 0.4) is 0 Å². The van der Waals surface area contributed by atoms with Crippen LogP contribution in [0.25, 0.3) is 0 Å². The van der Waals surface area contributed by atoms with Gasteiger partial charge in [0.25, 0.3) is 23.6 Å². The van der Waals surface area contributed by atoms with Crippen molar-refractivity contribution in [3.63, 3.8) is 0 Å². The molecule has 0 aliphatic rings. The molecule has 0 aliphatic carbocycles. The van der Waals surface area contributed by atoms with Crippen molar-refractivity contribution in [1.82, 2.24) is 0 Å². The molecule has 0 spiro atoms. The number of carbonyl (C=O) groups is 4. The summed E-state index contributed by atoms with van der Waals surface area (Å²) in [5.74, 6) is 0.441. The number of nitrogens with two attached hydrogens (primary N) is 4. The lowest BCUT2D eigenvalue weighted by Crippen LogP contribution is -2.18. The summed E-state index contributed by atoms with van der Waals surface area (Å²) in [6, 6.07) is 26.3. The third-order valence-corrected chi connectivity index (χ3v) is 11.7. The Morgan fingerprint density at radius 3 is 0.932 bits per heavy atom. The molecular formula is C56H74N8O10. The molecule has 74 heavy (non-hydrogen) atoms. The van der Waals surface area contributed by atoms with Crippen LogP contribution in [0.4, 0.5) is 22.7 Å². The molecule has 5 aromatic rings. The number of amides is 4. The molecule has 12 N–H and O–H groups in total. The summed E-state index contributed by atoms with van der Waals surface area (Å²) in [5.41, 5.74) is 25.1. The van der Waals surface area contributed by atoms with E-state index in [0.717, 1.165) is 77.0 Å². The van der Waals surface area contributed by atoms with Crippen molar-refractivity contribution < 1.29 is 47.6 Å². The molecule has 0 heterocycles. The third kappa shape index (κ3) is 18.6. The van der Waals surface area contributed by atoms with Crippen molar-refractivity contribution in [2.45, 2.75) is 77.0 Å². The van der Waals surface area contributed by atoms with E-state index >= 15 is 0 Å². The number of unbranched alkanes of at least 4 members (excludes halogenated alkanes) is 8. The maximum Gasteiger partial charge on any atom is 0.259 e. The number of hydrogen-bond donors (Lipinski definition) is 8. The Labute approximate surface area is 434 Å². The number of methoxy groups -OCH3 is 2. The zero-order chi connectivity index (χ0) is 52.9.